The average Bonchev–Trinajstić information content (AvgIpc) is 2.43. The van der Waals surface area contributed by atoms with Gasteiger partial charge in [-0.3, -0.25) is 14.9 Å². The fourth-order valence-electron chi connectivity index (χ4n) is 1.75. The molecule has 1 aromatic rings. The Bertz CT molecular complexity index is 493. The SMILES string of the molecule is CCCCN(CCO)C(=O)c1cc([N+](=O)[O-])ccc1Br. The highest BCUT2D eigenvalue weighted by atomic mass is 79.9. The van der Waals surface area contributed by atoms with Crippen molar-refractivity contribution in [1.29, 1.82) is 0 Å². The molecule has 20 heavy (non-hydrogen) atoms. The molecule has 6 nitrogen and oxygen atoms in total. The van der Waals surface area contributed by atoms with Crippen molar-refractivity contribution in [3.8, 4) is 0 Å². The van der Waals surface area contributed by atoms with E-state index < -0.39 is 4.92 Å². The lowest BCUT2D eigenvalue weighted by Crippen LogP contribution is -2.34. The Morgan fingerprint density at radius 3 is 2.70 bits per heavy atom. The van der Waals surface area contributed by atoms with Gasteiger partial charge in [-0.1, -0.05) is 13.3 Å². The van der Waals surface area contributed by atoms with Crippen molar-refractivity contribution < 1.29 is 14.8 Å². The summed E-state index contributed by atoms with van der Waals surface area (Å²) < 4.78 is 0.507. The van der Waals surface area contributed by atoms with Crippen LogP contribution in [-0.2, 0) is 0 Å². The molecule has 0 spiro atoms. The summed E-state index contributed by atoms with van der Waals surface area (Å²) in [7, 11) is 0. The lowest BCUT2D eigenvalue weighted by atomic mass is 10.1. The maximum atomic E-state index is 12.4. The number of nitro groups is 1. The van der Waals surface area contributed by atoms with Crippen LogP contribution in [0.4, 0.5) is 5.69 Å². The van der Waals surface area contributed by atoms with Crippen molar-refractivity contribution >= 4 is 27.5 Å². The number of hydrogen-bond donors (Lipinski definition) is 1. The Morgan fingerprint density at radius 1 is 1.45 bits per heavy atom. The van der Waals surface area contributed by atoms with Gasteiger partial charge in [0.05, 0.1) is 17.1 Å². The summed E-state index contributed by atoms with van der Waals surface area (Å²) in [6, 6.07) is 4.08. The van der Waals surface area contributed by atoms with Crippen LogP contribution in [0.1, 0.15) is 30.1 Å². The molecule has 0 fully saturated rings. The zero-order chi connectivity index (χ0) is 15.1. The van der Waals surface area contributed by atoms with Crippen molar-refractivity contribution in [3.63, 3.8) is 0 Å². The van der Waals surface area contributed by atoms with Gasteiger partial charge in [0.1, 0.15) is 0 Å². The number of halogens is 1. The van der Waals surface area contributed by atoms with Crippen LogP contribution in [0.2, 0.25) is 0 Å². The Labute approximate surface area is 125 Å². The van der Waals surface area contributed by atoms with E-state index in [0.717, 1.165) is 12.8 Å². The van der Waals surface area contributed by atoms with Crippen molar-refractivity contribution in [2.24, 2.45) is 0 Å². The van der Waals surface area contributed by atoms with E-state index in [1.165, 1.54) is 23.1 Å². The smallest absolute Gasteiger partial charge is 0.270 e. The predicted octanol–water partition coefficient (Wildman–Crippen LogP) is 2.59. The number of rotatable bonds is 7. The second kappa shape index (κ2) is 7.96. The number of benzene rings is 1. The van der Waals surface area contributed by atoms with Crippen LogP contribution in [0.15, 0.2) is 22.7 Å². The van der Waals surface area contributed by atoms with Crippen molar-refractivity contribution in [2.75, 3.05) is 19.7 Å². The first-order valence-electron chi connectivity index (χ1n) is 6.35. The van der Waals surface area contributed by atoms with E-state index >= 15 is 0 Å². The molecule has 0 atom stereocenters. The van der Waals surface area contributed by atoms with E-state index in [1.54, 1.807) is 0 Å². The number of aliphatic hydroxyl groups excluding tert-OH is 1. The minimum Gasteiger partial charge on any atom is -0.395 e. The molecule has 0 aromatic heterocycles. The summed E-state index contributed by atoms with van der Waals surface area (Å²) in [5.74, 6) is -0.317. The predicted molar refractivity (Wildman–Crippen MR) is 78.7 cm³/mol. The topological polar surface area (TPSA) is 83.7 Å². The fourth-order valence-corrected chi connectivity index (χ4v) is 2.16. The Morgan fingerprint density at radius 2 is 2.15 bits per heavy atom. The van der Waals surface area contributed by atoms with Gasteiger partial charge in [0.25, 0.3) is 11.6 Å². The van der Waals surface area contributed by atoms with E-state index in [1.807, 2.05) is 6.92 Å². The van der Waals surface area contributed by atoms with Crippen LogP contribution in [0.25, 0.3) is 0 Å². The van der Waals surface area contributed by atoms with Crippen molar-refractivity contribution in [2.45, 2.75) is 19.8 Å². The first kappa shape index (κ1) is 16.6. The Kier molecular flexibility index (Phi) is 6.60. The first-order chi connectivity index (χ1) is 9.51. The monoisotopic (exact) mass is 344 g/mol. The molecule has 0 heterocycles. The van der Waals surface area contributed by atoms with Crippen LogP contribution < -0.4 is 0 Å². The van der Waals surface area contributed by atoms with Crippen LogP contribution in [0.3, 0.4) is 0 Å². The van der Waals surface area contributed by atoms with Crippen LogP contribution in [0, 0.1) is 10.1 Å². The molecule has 1 aromatic carbocycles. The second-order valence-electron chi connectivity index (χ2n) is 4.29. The third-order valence-corrected chi connectivity index (χ3v) is 3.52. The Balaban J connectivity index is 3.03. The third kappa shape index (κ3) is 4.28. The number of amides is 1. The molecular formula is C13H17BrN2O4. The highest BCUT2D eigenvalue weighted by Gasteiger charge is 2.20. The normalized spacial score (nSPS) is 10.3. The summed E-state index contributed by atoms with van der Waals surface area (Å²) in [4.78, 5) is 24.1. The lowest BCUT2D eigenvalue weighted by molar-refractivity contribution is -0.384. The molecule has 0 bridgehead atoms. The highest BCUT2D eigenvalue weighted by molar-refractivity contribution is 9.10. The van der Waals surface area contributed by atoms with Gasteiger partial charge in [-0.15, -0.1) is 0 Å². The van der Waals surface area contributed by atoms with Crippen LogP contribution in [-0.4, -0.2) is 40.5 Å². The molecule has 0 saturated heterocycles. The molecule has 0 saturated carbocycles. The van der Waals surface area contributed by atoms with Crippen molar-refractivity contribution in [3.05, 3.63) is 38.3 Å². The number of unbranched alkanes of at least 4 members (excludes halogenated alkanes) is 1. The highest BCUT2D eigenvalue weighted by Crippen LogP contribution is 2.24. The van der Waals surface area contributed by atoms with Gasteiger partial charge in [-0.25, -0.2) is 0 Å². The molecule has 0 radical (unpaired) electrons. The van der Waals surface area contributed by atoms with Gasteiger partial charge in [-0.2, -0.15) is 0 Å². The van der Waals surface area contributed by atoms with E-state index in [-0.39, 0.29) is 30.3 Å². The standard InChI is InChI=1S/C13H17BrN2O4/c1-2-3-6-15(7-8-17)13(18)11-9-10(16(19)20)4-5-12(11)14/h4-5,9,17H,2-3,6-8H2,1H3. The number of aliphatic hydroxyl groups is 1. The number of carbonyl (C=O) groups excluding carboxylic acids is 1. The maximum absolute atomic E-state index is 12.4. The lowest BCUT2D eigenvalue weighted by Gasteiger charge is -2.22. The summed E-state index contributed by atoms with van der Waals surface area (Å²) in [5, 5.41) is 19.8. The molecule has 1 N–H and O–H groups in total. The van der Waals surface area contributed by atoms with Gasteiger partial charge < -0.3 is 10.0 Å². The number of non-ortho nitro benzene ring substituents is 1. The van der Waals surface area contributed by atoms with E-state index in [0.29, 0.717) is 11.0 Å². The number of nitrogens with zero attached hydrogens (tertiary/aromatic N) is 2. The molecular weight excluding hydrogens is 328 g/mol. The zero-order valence-electron chi connectivity index (χ0n) is 11.2. The molecule has 0 unspecified atom stereocenters. The molecule has 0 aliphatic heterocycles. The molecule has 1 rings (SSSR count). The second-order valence-corrected chi connectivity index (χ2v) is 5.14. The van der Waals surface area contributed by atoms with Crippen LogP contribution >= 0.6 is 15.9 Å². The van der Waals surface area contributed by atoms with Crippen molar-refractivity contribution in [1.82, 2.24) is 4.90 Å². The Hall–Kier alpha value is -1.47. The molecule has 7 heteroatoms. The molecule has 1 amide bonds. The zero-order valence-corrected chi connectivity index (χ0v) is 12.8. The van der Waals surface area contributed by atoms with Gasteiger partial charge in [0, 0.05) is 29.7 Å². The molecule has 0 aliphatic carbocycles. The summed E-state index contributed by atoms with van der Waals surface area (Å²) in [6.07, 6.45) is 1.74. The van der Waals surface area contributed by atoms with E-state index in [9.17, 15) is 14.9 Å². The van der Waals surface area contributed by atoms with E-state index in [4.69, 9.17) is 5.11 Å². The van der Waals surface area contributed by atoms with E-state index in [2.05, 4.69) is 15.9 Å². The fraction of sp³-hybridized carbons (Fsp3) is 0.462. The summed E-state index contributed by atoms with van der Waals surface area (Å²) in [5.41, 5.74) is 0.111. The maximum Gasteiger partial charge on any atom is 0.270 e. The van der Waals surface area contributed by atoms with Gasteiger partial charge >= 0.3 is 0 Å². The molecule has 110 valence electrons. The summed E-state index contributed by atoms with van der Waals surface area (Å²) >= 11 is 3.24. The van der Waals surface area contributed by atoms with Crippen LogP contribution in [0.5, 0.6) is 0 Å². The van der Waals surface area contributed by atoms with Gasteiger partial charge in [0.2, 0.25) is 0 Å². The number of carbonyl (C=O) groups is 1. The minimum absolute atomic E-state index is 0.129. The summed E-state index contributed by atoms with van der Waals surface area (Å²) in [6.45, 7) is 2.60. The number of hydrogen-bond acceptors (Lipinski definition) is 4. The molecule has 0 aliphatic rings. The average molecular weight is 345 g/mol. The largest absolute Gasteiger partial charge is 0.395 e. The van der Waals surface area contributed by atoms with Gasteiger partial charge in [-0.05, 0) is 28.4 Å². The first-order valence-corrected chi connectivity index (χ1v) is 7.14. The minimum atomic E-state index is -0.536. The third-order valence-electron chi connectivity index (χ3n) is 2.83. The quantitative estimate of drug-likeness (QED) is 0.608. The number of nitro benzene ring substituents is 1. The van der Waals surface area contributed by atoms with Gasteiger partial charge in [0.15, 0.2) is 0 Å².